The van der Waals surface area contributed by atoms with Gasteiger partial charge in [0.15, 0.2) is 11.5 Å². The molecule has 0 atom stereocenters. The molecule has 1 N–H and O–H groups in total. The number of halogens is 1. The molecule has 1 aromatic carbocycles. The molecule has 0 aromatic heterocycles. The van der Waals surface area contributed by atoms with Crippen molar-refractivity contribution in [3.05, 3.63) is 22.7 Å². The number of benzene rings is 1. The predicted octanol–water partition coefficient (Wildman–Crippen LogP) is 2.47. The molecule has 0 bridgehead atoms. The standard InChI is InChI=1S/C13H16ClNO2/c1-4-5-6-17-13-10(9-15-2)7-11(14)8-12(13)16-3/h7-8,15H,6,9H2,1-3H3. The van der Waals surface area contributed by atoms with Gasteiger partial charge in [-0.2, -0.15) is 0 Å². The summed E-state index contributed by atoms with van der Waals surface area (Å²) in [6.07, 6.45) is 0. The Balaban J connectivity index is 3.05. The molecule has 0 amide bonds. The Labute approximate surface area is 107 Å². The lowest BCUT2D eigenvalue weighted by Gasteiger charge is -2.14. The van der Waals surface area contributed by atoms with E-state index < -0.39 is 0 Å². The lowest BCUT2D eigenvalue weighted by molar-refractivity contribution is 0.327. The molecule has 0 aliphatic rings. The first-order valence-electron chi connectivity index (χ1n) is 5.26. The molecular weight excluding hydrogens is 238 g/mol. The first-order valence-corrected chi connectivity index (χ1v) is 5.64. The number of hydrogen-bond acceptors (Lipinski definition) is 3. The average Bonchev–Trinajstić information content (AvgIpc) is 2.31. The van der Waals surface area contributed by atoms with Gasteiger partial charge in [-0.3, -0.25) is 0 Å². The highest BCUT2D eigenvalue weighted by molar-refractivity contribution is 6.30. The zero-order valence-electron chi connectivity index (χ0n) is 10.3. The van der Waals surface area contributed by atoms with Crippen LogP contribution in [-0.2, 0) is 6.54 Å². The molecule has 0 fully saturated rings. The van der Waals surface area contributed by atoms with E-state index >= 15 is 0 Å². The van der Waals surface area contributed by atoms with E-state index in [1.807, 2.05) is 13.1 Å². The highest BCUT2D eigenvalue weighted by atomic mass is 35.5. The lowest BCUT2D eigenvalue weighted by atomic mass is 10.2. The monoisotopic (exact) mass is 253 g/mol. The Morgan fingerprint density at radius 2 is 2.18 bits per heavy atom. The molecule has 0 heterocycles. The zero-order chi connectivity index (χ0) is 12.7. The Morgan fingerprint density at radius 3 is 2.76 bits per heavy atom. The summed E-state index contributed by atoms with van der Waals surface area (Å²) >= 11 is 6.01. The van der Waals surface area contributed by atoms with E-state index in [4.69, 9.17) is 21.1 Å². The number of hydrogen-bond donors (Lipinski definition) is 1. The van der Waals surface area contributed by atoms with Gasteiger partial charge in [0.25, 0.3) is 0 Å². The van der Waals surface area contributed by atoms with E-state index in [0.29, 0.717) is 29.7 Å². The third-order valence-electron chi connectivity index (χ3n) is 2.15. The van der Waals surface area contributed by atoms with Crippen molar-refractivity contribution < 1.29 is 9.47 Å². The molecule has 3 nitrogen and oxygen atoms in total. The quantitative estimate of drug-likeness (QED) is 0.818. The fraction of sp³-hybridized carbons (Fsp3) is 0.385. The lowest BCUT2D eigenvalue weighted by Crippen LogP contribution is -2.08. The smallest absolute Gasteiger partial charge is 0.167 e. The summed E-state index contributed by atoms with van der Waals surface area (Å²) in [4.78, 5) is 0. The van der Waals surface area contributed by atoms with Crippen LogP contribution in [0.4, 0.5) is 0 Å². The molecular formula is C13H16ClNO2. The van der Waals surface area contributed by atoms with Gasteiger partial charge < -0.3 is 14.8 Å². The third kappa shape index (κ3) is 3.85. The minimum Gasteiger partial charge on any atom is -0.493 e. The normalized spacial score (nSPS) is 9.41. The molecule has 4 heteroatoms. The summed E-state index contributed by atoms with van der Waals surface area (Å²) in [6, 6.07) is 3.59. The first kappa shape index (κ1) is 13.7. The van der Waals surface area contributed by atoms with E-state index in [9.17, 15) is 0 Å². The van der Waals surface area contributed by atoms with Crippen LogP contribution in [-0.4, -0.2) is 20.8 Å². The number of methoxy groups -OCH3 is 1. The Morgan fingerprint density at radius 1 is 1.41 bits per heavy atom. The Hall–Kier alpha value is -1.37. The molecule has 92 valence electrons. The molecule has 1 aromatic rings. The van der Waals surface area contributed by atoms with E-state index in [-0.39, 0.29) is 0 Å². The minimum absolute atomic E-state index is 0.338. The van der Waals surface area contributed by atoms with Gasteiger partial charge in [0, 0.05) is 23.2 Å². The summed E-state index contributed by atoms with van der Waals surface area (Å²) in [5, 5.41) is 3.69. The maximum Gasteiger partial charge on any atom is 0.167 e. The van der Waals surface area contributed by atoms with Gasteiger partial charge in [-0.1, -0.05) is 17.5 Å². The highest BCUT2D eigenvalue weighted by Crippen LogP contribution is 2.34. The van der Waals surface area contributed by atoms with Gasteiger partial charge in [0.2, 0.25) is 0 Å². The van der Waals surface area contributed by atoms with Gasteiger partial charge in [-0.25, -0.2) is 0 Å². The summed E-state index contributed by atoms with van der Waals surface area (Å²) in [7, 11) is 3.45. The van der Waals surface area contributed by atoms with Crippen molar-refractivity contribution in [1.29, 1.82) is 0 Å². The van der Waals surface area contributed by atoms with E-state index in [1.54, 1.807) is 20.1 Å². The van der Waals surface area contributed by atoms with Crippen molar-refractivity contribution in [2.24, 2.45) is 0 Å². The van der Waals surface area contributed by atoms with Crippen LogP contribution in [0.15, 0.2) is 12.1 Å². The van der Waals surface area contributed by atoms with Crippen molar-refractivity contribution in [2.75, 3.05) is 20.8 Å². The maximum atomic E-state index is 6.01. The summed E-state index contributed by atoms with van der Waals surface area (Å²) in [6.45, 7) is 2.77. The average molecular weight is 254 g/mol. The summed E-state index contributed by atoms with van der Waals surface area (Å²) in [5.41, 5.74) is 0.953. The Kier molecular flexibility index (Phi) is 5.68. The molecule has 0 spiro atoms. The second kappa shape index (κ2) is 7.05. The molecule has 0 unspecified atom stereocenters. The number of rotatable bonds is 5. The van der Waals surface area contributed by atoms with Gasteiger partial charge in [0.05, 0.1) is 7.11 Å². The van der Waals surface area contributed by atoms with Crippen LogP contribution in [0.25, 0.3) is 0 Å². The molecule has 1 rings (SSSR count). The van der Waals surface area contributed by atoms with Crippen LogP contribution < -0.4 is 14.8 Å². The van der Waals surface area contributed by atoms with Crippen molar-refractivity contribution in [2.45, 2.75) is 13.5 Å². The van der Waals surface area contributed by atoms with Crippen LogP contribution in [0.1, 0.15) is 12.5 Å². The molecule has 0 radical (unpaired) electrons. The van der Waals surface area contributed by atoms with Gasteiger partial charge in [-0.05, 0) is 20.0 Å². The number of nitrogens with one attached hydrogen (secondary N) is 1. The predicted molar refractivity (Wildman–Crippen MR) is 69.7 cm³/mol. The minimum atomic E-state index is 0.338. The molecule has 0 saturated carbocycles. The molecule has 0 saturated heterocycles. The topological polar surface area (TPSA) is 30.5 Å². The summed E-state index contributed by atoms with van der Waals surface area (Å²) in [5.74, 6) is 6.95. The SMILES string of the molecule is CC#CCOc1c(CNC)cc(Cl)cc1OC. The van der Waals surface area contributed by atoms with Crippen molar-refractivity contribution in [3.63, 3.8) is 0 Å². The fourth-order valence-corrected chi connectivity index (χ4v) is 1.67. The van der Waals surface area contributed by atoms with Crippen molar-refractivity contribution in [1.82, 2.24) is 5.32 Å². The molecule has 0 aliphatic heterocycles. The first-order chi connectivity index (χ1) is 8.22. The van der Waals surface area contributed by atoms with E-state index in [1.165, 1.54) is 0 Å². The third-order valence-corrected chi connectivity index (χ3v) is 2.37. The van der Waals surface area contributed by atoms with Crippen LogP contribution in [0.5, 0.6) is 11.5 Å². The summed E-state index contributed by atoms with van der Waals surface area (Å²) < 4.78 is 10.9. The van der Waals surface area contributed by atoms with Crippen molar-refractivity contribution in [3.8, 4) is 23.3 Å². The van der Waals surface area contributed by atoms with Crippen LogP contribution in [0.3, 0.4) is 0 Å². The Bertz CT molecular complexity index is 435. The molecule has 0 aliphatic carbocycles. The van der Waals surface area contributed by atoms with E-state index in [2.05, 4.69) is 17.2 Å². The van der Waals surface area contributed by atoms with Crippen molar-refractivity contribution >= 4 is 11.6 Å². The second-order valence-electron chi connectivity index (χ2n) is 3.34. The maximum absolute atomic E-state index is 6.01. The fourth-order valence-electron chi connectivity index (χ4n) is 1.44. The highest BCUT2D eigenvalue weighted by Gasteiger charge is 2.11. The largest absolute Gasteiger partial charge is 0.493 e. The van der Waals surface area contributed by atoms with Gasteiger partial charge in [0.1, 0.15) is 6.61 Å². The van der Waals surface area contributed by atoms with Crippen LogP contribution >= 0.6 is 11.6 Å². The number of ether oxygens (including phenoxy) is 2. The van der Waals surface area contributed by atoms with E-state index in [0.717, 1.165) is 5.56 Å². The zero-order valence-corrected chi connectivity index (χ0v) is 11.0. The van der Waals surface area contributed by atoms with Crippen LogP contribution in [0.2, 0.25) is 5.02 Å². The van der Waals surface area contributed by atoms with Crippen LogP contribution in [0, 0.1) is 11.8 Å². The second-order valence-corrected chi connectivity index (χ2v) is 3.78. The van der Waals surface area contributed by atoms with Gasteiger partial charge in [-0.15, -0.1) is 5.92 Å². The molecule has 17 heavy (non-hydrogen) atoms. The van der Waals surface area contributed by atoms with Gasteiger partial charge >= 0.3 is 0 Å².